The Hall–Kier alpha value is -3.87. The smallest absolute Gasteiger partial charge is 0.219 e. The molecular formula is C20H15FN6. The van der Waals surface area contributed by atoms with Crippen LogP contribution in [0.3, 0.4) is 0 Å². The van der Waals surface area contributed by atoms with Crippen LogP contribution in [0.25, 0.3) is 33.5 Å². The summed E-state index contributed by atoms with van der Waals surface area (Å²) in [6, 6.07) is 12.7. The second-order valence-corrected chi connectivity index (χ2v) is 5.90. The third kappa shape index (κ3) is 3.30. The lowest BCUT2D eigenvalue weighted by Crippen LogP contribution is -1.95. The van der Waals surface area contributed by atoms with Crippen molar-refractivity contribution in [2.24, 2.45) is 0 Å². The maximum Gasteiger partial charge on any atom is 0.219 e. The van der Waals surface area contributed by atoms with Gasteiger partial charge < -0.3 is 11.5 Å². The first-order chi connectivity index (χ1) is 13.1. The molecule has 0 amide bonds. The minimum atomic E-state index is -0.394. The van der Waals surface area contributed by atoms with E-state index in [2.05, 4.69) is 19.9 Å². The van der Waals surface area contributed by atoms with Crippen LogP contribution in [0.15, 0.2) is 67.3 Å². The van der Waals surface area contributed by atoms with Crippen LogP contribution < -0.4 is 11.5 Å². The van der Waals surface area contributed by atoms with Crippen molar-refractivity contribution >= 4 is 11.8 Å². The van der Waals surface area contributed by atoms with Crippen molar-refractivity contribution in [3.8, 4) is 33.5 Å². The van der Waals surface area contributed by atoms with Crippen LogP contribution >= 0.6 is 0 Å². The normalized spacial score (nSPS) is 10.7. The zero-order chi connectivity index (χ0) is 18.8. The topological polar surface area (TPSA) is 104 Å². The van der Waals surface area contributed by atoms with Crippen molar-refractivity contribution < 1.29 is 4.39 Å². The van der Waals surface area contributed by atoms with Gasteiger partial charge in [-0.3, -0.25) is 4.98 Å². The van der Waals surface area contributed by atoms with Gasteiger partial charge in [0.15, 0.2) is 0 Å². The average molecular weight is 358 g/mol. The number of hydrogen-bond acceptors (Lipinski definition) is 6. The third-order valence-corrected chi connectivity index (χ3v) is 4.14. The molecule has 0 aliphatic heterocycles. The van der Waals surface area contributed by atoms with Crippen molar-refractivity contribution in [2.45, 2.75) is 0 Å². The van der Waals surface area contributed by atoms with Gasteiger partial charge in [0.25, 0.3) is 0 Å². The summed E-state index contributed by atoms with van der Waals surface area (Å²) in [6.45, 7) is 0. The van der Waals surface area contributed by atoms with E-state index >= 15 is 0 Å². The van der Waals surface area contributed by atoms with E-state index in [9.17, 15) is 4.39 Å². The number of rotatable bonds is 3. The van der Waals surface area contributed by atoms with Gasteiger partial charge in [0, 0.05) is 23.5 Å². The molecule has 0 atom stereocenters. The first-order valence-electron chi connectivity index (χ1n) is 8.16. The van der Waals surface area contributed by atoms with Gasteiger partial charge in [-0.25, -0.2) is 19.3 Å². The monoisotopic (exact) mass is 358 g/mol. The van der Waals surface area contributed by atoms with Crippen LogP contribution in [0, 0.1) is 5.82 Å². The molecule has 2 aromatic carbocycles. The van der Waals surface area contributed by atoms with E-state index in [-0.39, 0.29) is 11.8 Å². The Morgan fingerprint density at radius 2 is 1.37 bits per heavy atom. The molecule has 4 N–H and O–H groups in total. The summed E-state index contributed by atoms with van der Waals surface area (Å²) in [5, 5.41) is 0. The van der Waals surface area contributed by atoms with Gasteiger partial charge >= 0.3 is 0 Å². The molecule has 0 fully saturated rings. The number of halogens is 1. The van der Waals surface area contributed by atoms with Crippen molar-refractivity contribution in [3.63, 3.8) is 0 Å². The Morgan fingerprint density at radius 3 is 2.00 bits per heavy atom. The van der Waals surface area contributed by atoms with Crippen molar-refractivity contribution in [1.82, 2.24) is 19.9 Å². The van der Waals surface area contributed by atoms with Gasteiger partial charge in [0.2, 0.25) is 5.95 Å². The van der Waals surface area contributed by atoms with Crippen LogP contribution in [-0.2, 0) is 0 Å². The molecule has 4 rings (SSSR count). The minimum absolute atomic E-state index is 0.205. The largest absolute Gasteiger partial charge is 0.382 e. The van der Waals surface area contributed by atoms with Crippen molar-refractivity contribution in [3.05, 3.63) is 73.1 Å². The lowest BCUT2D eigenvalue weighted by molar-refractivity contribution is 0.631. The standard InChI is InChI=1S/C20H15FN6/c21-17-7-12(5-6-16(17)18-10-25-19(22)11-24-18)14-3-1-2-4-15(14)13-8-26-20(23)27-9-13/h1-11H,(H2,22,25)(H2,23,26,27). The summed E-state index contributed by atoms with van der Waals surface area (Å²) in [6.07, 6.45) is 6.15. The number of aromatic nitrogens is 4. The van der Waals surface area contributed by atoms with Crippen molar-refractivity contribution in [2.75, 3.05) is 11.5 Å². The van der Waals surface area contributed by atoms with Gasteiger partial charge in [0.1, 0.15) is 11.6 Å². The molecule has 0 radical (unpaired) electrons. The molecule has 132 valence electrons. The van der Waals surface area contributed by atoms with E-state index < -0.39 is 5.82 Å². The summed E-state index contributed by atoms with van der Waals surface area (Å²) < 4.78 is 14.8. The van der Waals surface area contributed by atoms with Gasteiger partial charge in [-0.1, -0.05) is 30.3 Å². The summed E-state index contributed by atoms with van der Waals surface area (Å²) >= 11 is 0. The highest BCUT2D eigenvalue weighted by molar-refractivity contribution is 5.83. The Bertz CT molecular complexity index is 1090. The fourth-order valence-corrected chi connectivity index (χ4v) is 2.83. The van der Waals surface area contributed by atoms with Gasteiger partial charge in [-0.15, -0.1) is 0 Å². The molecule has 0 unspecified atom stereocenters. The molecular weight excluding hydrogens is 343 g/mol. The summed E-state index contributed by atoms with van der Waals surface area (Å²) in [7, 11) is 0. The van der Waals surface area contributed by atoms with Gasteiger partial charge in [-0.2, -0.15) is 0 Å². The molecule has 0 saturated heterocycles. The Kier molecular flexibility index (Phi) is 4.18. The number of nitrogens with two attached hydrogens (primary N) is 2. The Labute approximate surface area is 154 Å². The summed E-state index contributed by atoms with van der Waals surface area (Å²) in [4.78, 5) is 16.2. The zero-order valence-corrected chi connectivity index (χ0v) is 14.2. The highest BCUT2D eigenvalue weighted by Crippen LogP contribution is 2.33. The zero-order valence-electron chi connectivity index (χ0n) is 14.2. The van der Waals surface area contributed by atoms with Crippen molar-refractivity contribution in [1.29, 1.82) is 0 Å². The fourth-order valence-electron chi connectivity index (χ4n) is 2.83. The SMILES string of the molecule is Nc1cnc(-c2ccc(-c3ccccc3-c3cnc(N)nc3)cc2F)cn1. The van der Waals surface area contributed by atoms with Crippen LogP contribution in [0.1, 0.15) is 0 Å². The lowest BCUT2D eigenvalue weighted by Gasteiger charge is -2.11. The second-order valence-electron chi connectivity index (χ2n) is 5.90. The predicted molar refractivity (Wildman–Crippen MR) is 103 cm³/mol. The molecule has 0 aliphatic carbocycles. The lowest BCUT2D eigenvalue weighted by atomic mass is 9.95. The van der Waals surface area contributed by atoms with Crippen LogP contribution in [-0.4, -0.2) is 19.9 Å². The van der Waals surface area contributed by atoms with E-state index in [1.54, 1.807) is 18.5 Å². The maximum absolute atomic E-state index is 14.8. The molecule has 0 saturated carbocycles. The van der Waals surface area contributed by atoms with E-state index in [1.165, 1.54) is 18.5 Å². The molecule has 0 bridgehead atoms. The minimum Gasteiger partial charge on any atom is -0.382 e. The highest BCUT2D eigenvalue weighted by atomic mass is 19.1. The Balaban J connectivity index is 1.78. The van der Waals surface area contributed by atoms with Crippen LogP contribution in [0.5, 0.6) is 0 Å². The van der Waals surface area contributed by atoms with E-state index in [0.29, 0.717) is 11.3 Å². The Morgan fingerprint density at radius 1 is 0.667 bits per heavy atom. The summed E-state index contributed by atoms with van der Waals surface area (Å²) in [5.41, 5.74) is 15.2. The maximum atomic E-state index is 14.8. The molecule has 4 aromatic rings. The second kappa shape index (κ2) is 6.80. The number of anilines is 2. The van der Waals surface area contributed by atoms with E-state index in [4.69, 9.17) is 11.5 Å². The molecule has 0 spiro atoms. The molecule has 6 nitrogen and oxygen atoms in total. The first kappa shape index (κ1) is 16.6. The summed E-state index contributed by atoms with van der Waals surface area (Å²) in [5.74, 6) is 0.0987. The number of nitrogen functional groups attached to an aromatic ring is 2. The fraction of sp³-hybridized carbons (Fsp3) is 0. The number of nitrogens with zero attached hydrogens (tertiary/aromatic N) is 4. The molecule has 7 heteroatoms. The average Bonchev–Trinajstić information content (AvgIpc) is 2.69. The molecule has 2 aromatic heterocycles. The number of hydrogen-bond donors (Lipinski definition) is 2. The molecule has 27 heavy (non-hydrogen) atoms. The molecule has 0 aliphatic rings. The first-order valence-corrected chi connectivity index (χ1v) is 8.16. The quantitative estimate of drug-likeness (QED) is 0.580. The third-order valence-electron chi connectivity index (χ3n) is 4.14. The van der Waals surface area contributed by atoms with Gasteiger partial charge in [-0.05, 0) is 28.8 Å². The van der Waals surface area contributed by atoms with Crippen LogP contribution in [0.4, 0.5) is 16.2 Å². The van der Waals surface area contributed by atoms with E-state index in [0.717, 1.165) is 22.3 Å². The highest BCUT2D eigenvalue weighted by Gasteiger charge is 2.12. The van der Waals surface area contributed by atoms with Gasteiger partial charge in [0.05, 0.1) is 18.1 Å². The van der Waals surface area contributed by atoms with Crippen LogP contribution in [0.2, 0.25) is 0 Å². The number of benzene rings is 2. The predicted octanol–water partition coefficient (Wildman–Crippen LogP) is 3.57. The molecule has 2 heterocycles. The van der Waals surface area contributed by atoms with E-state index in [1.807, 2.05) is 30.3 Å².